The van der Waals surface area contributed by atoms with Crippen LogP contribution in [0.15, 0.2) is 84.0 Å². The average molecular weight is 364 g/mol. The van der Waals surface area contributed by atoms with Crippen LogP contribution in [0.4, 0.5) is 5.69 Å². The number of nitrogens with one attached hydrogen (secondary N) is 2. The quantitative estimate of drug-likeness (QED) is 0.492. The minimum absolute atomic E-state index is 0.259. The Bertz CT molecular complexity index is 875. The maximum absolute atomic E-state index is 12.1. The van der Waals surface area contributed by atoms with Crippen molar-refractivity contribution < 1.29 is 4.79 Å². The van der Waals surface area contributed by atoms with Crippen LogP contribution in [0.3, 0.4) is 0 Å². The van der Waals surface area contributed by atoms with E-state index in [1.807, 2.05) is 42.5 Å². The monoisotopic (exact) mass is 363 g/mol. The minimum Gasteiger partial charge on any atom is -0.381 e. The Morgan fingerprint density at radius 2 is 1.62 bits per heavy atom. The molecule has 5 heteroatoms. The number of carbonyl (C=O) groups is 1. The van der Waals surface area contributed by atoms with Gasteiger partial charge in [-0.05, 0) is 47.5 Å². The maximum Gasteiger partial charge on any atom is 0.271 e. The first kappa shape index (κ1) is 17.7. The lowest BCUT2D eigenvalue weighted by atomic mass is 10.2. The van der Waals surface area contributed by atoms with Gasteiger partial charge >= 0.3 is 0 Å². The molecule has 0 fully saturated rings. The highest BCUT2D eigenvalue weighted by Gasteiger charge is 2.04. The van der Waals surface area contributed by atoms with Gasteiger partial charge in [0.2, 0.25) is 0 Å². The van der Waals surface area contributed by atoms with Gasteiger partial charge in [-0.2, -0.15) is 5.10 Å². The lowest BCUT2D eigenvalue weighted by Crippen LogP contribution is -2.17. The van der Waals surface area contributed by atoms with Gasteiger partial charge in [-0.3, -0.25) is 4.79 Å². The zero-order valence-electron chi connectivity index (χ0n) is 14.0. The first-order valence-electron chi connectivity index (χ1n) is 8.17. The molecule has 2 N–H and O–H groups in total. The number of carbonyl (C=O) groups excluding carboxylic acids is 1. The van der Waals surface area contributed by atoms with E-state index in [4.69, 9.17) is 11.6 Å². The van der Waals surface area contributed by atoms with Gasteiger partial charge in [0.1, 0.15) is 0 Å². The second-order valence-electron chi connectivity index (χ2n) is 5.67. The molecule has 0 bridgehead atoms. The predicted octanol–water partition coefficient (Wildman–Crippen LogP) is 4.72. The summed E-state index contributed by atoms with van der Waals surface area (Å²) >= 11 is 5.83. The maximum atomic E-state index is 12.1. The van der Waals surface area contributed by atoms with E-state index < -0.39 is 0 Å². The smallest absolute Gasteiger partial charge is 0.271 e. The number of halogens is 1. The highest BCUT2D eigenvalue weighted by Crippen LogP contribution is 2.11. The lowest BCUT2D eigenvalue weighted by molar-refractivity contribution is 0.0955. The Kier molecular flexibility index (Phi) is 6.01. The van der Waals surface area contributed by atoms with E-state index >= 15 is 0 Å². The fraction of sp³-hybridized carbons (Fsp3) is 0.0476. The fourth-order valence-corrected chi connectivity index (χ4v) is 2.44. The van der Waals surface area contributed by atoms with Crippen LogP contribution in [-0.2, 0) is 6.54 Å². The molecule has 1 amide bonds. The molecule has 0 spiro atoms. The van der Waals surface area contributed by atoms with Gasteiger partial charge in [0.05, 0.1) is 6.21 Å². The van der Waals surface area contributed by atoms with Crippen molar-refractivity contribution in [2.45, 2.75) is 6.54 Å². The Morgan fingerprint density at radius 1 is 0.923 bits per heavy atom. The van der Waals surface area contributed by atoms with Crippen LogP contribution < -0.4 is 10.7 Å². The minimum atomic E-state index is -0.259. The molecule has 3 aromatic rings. The average Bonchev–Trinajstić information content (AvgIpc) is 2.69. The number of benzene rings is 3. The van der Waals surface area contributed by atoms with Gasteiger partial charge in [-0.25, -0.2) is 5.43 Å². The number of hydrogen-bond acceptors (Lipinski definition) is 3. The third-order valence-electron chi connectivity index (χ3n) is 3.74. The Hall–Kier alpha value is -3.11. The highest BCUT2D eigenvalue weighted by atomic mass is 35.5. The summed E-state index contributed by atoms with van der Waals surface area (Å²) in [5.74, 6) is -0.259. The standard InChI is InChI=1S/C21H18ClN3O/c22-19-10-6-17(7-11-19)15-24-25-21(26)18-8-12-20(13-9-18)23-14-16-4-2-1-3-5-16/h1-13,15,23H,14H2,(H,25,26)/b24-15+. The number of anilines is 1. The van der Waals surface area contributed by atoms with E-state index in [0.717, 1.165) is 17.8 Å². The molecule has 0 heterocycles. The molecule has 0 atom stereocenters. The zero-order chi connectivity index (χ0) is 18.2. The van der Waals surface area contributed by atoms with Crippen molar-refractivity contribution in [3.05, 3.63) is 101 Å². The third-order valence-corrected chi connectivity index (χ3v) is 3.99. The molecule has 0 saturated heterocycles. The van der Waals surface area contributed by atoms with Crippen molar-refractivity contribution in [2.75, 3.05) is 5.32 Å². The second-order valence-corrected chi connectivity index (χ2v) is 6.10. The summed E-state index contributed by atoms with van der Waals surface area (Å²) in [5, 5.41) is 7.95. The van der Waals surface area contributed by atoms with Crippen molar-refractivity contribution in [1.29, 1.82) is 0 Å². The molecule has 3 rings (SSSR count). The summed E-state index contributed by atoms with van der Waals surface area (Å²) in [7, 11) is 0. The fourth-order valence-electron chi connectivity index (χ4n) is 2.32. The third kappa shape index (κ3) is 5.19. The van der Waals surface area contributed by atoms with Gasteiger partial charge in [0, 0.05) is 22.8 Å². The number of nitrogens with zero attached hydrogens (tertiary/aromatic N) is 1. The molecular weight excluding hydrogens is 346 g/mol. The summed E-state index contributed by atoms with van der Waals surface area (Å²) in [5.41, 5.74) is 6.07. The van der Waals surface area contributed by atoms with E-state index in [-0.39, 0.29) is 5.91 Å². The number of rotatable bonds is 6. The van der Waals surface area contributed by atoms with Gasteiger partial charge in [0.15, 0.2) is 0 Å². The van der Waals surface area contributed by atoms with Crippen LogP contribution in [0, 0.1) is 0 Å². The van der Waals surface area contributed by atoms with Crippen molar-refractivity contribution >= 4 is 29.4 Å². The molecular formula is C21H18ClN3O. The second kappa shape index (κ2) is 8.83. The molecule has 0 aromatic heterocycles. The predicted molar refractivity (Wildman–Crippen MR) is 107 cm³/mol. The zero-order valence-corrected chi connectivity index (χ0v) is 14.8. The molecule has 0 aliphatic carbocycles. The molecule has 26 heavy (non-hydrogen) atoms. The van der Waals surface area contributed by atoms with Crippen molar-refractivity contribution in [2.24, 2.45) is 5.10 Å². The van der Waals surface area contributed by atoms with E-state index in [0.29, 0.717) is 10.6 Å². The molecule has 0 unspecified atom stereocenters. The number of hydrogen-bond donors (Lipinski definition) is 2. The summed E-state index contributed by atoms with van der Waals surface area (Å²) in [4.78, 5) is 12.1. The molecule has 3 aromatic carbocycles. The number of hydrazone groups is 1. The summed E-state index contributed by atoms with van der Waals surface area (Å²) in [6.45, 7) is 0.734. The summed E-state index contributed by atoms with van der Waals surface area (Å²) in [6, 6.07) is 24.6. The first-order valence-corrected chi connectivity index (χ1v) is 8.55. The molecule has 0 radical (unpaired) electrons. The SMILES string of the molecule is O=C(N/N=C/c1ccc(Cl)cc1)c1ccc(NCc2ccccc2)cc1. The van der Waals surface area contributed by atoms with E-state index in [2.05, 4.69) is 28.0 Å². The Labute approximate surface area is 157 Å². The Balaban J connectivity index is 1.52. The normalized spacial score (nSPS) is 10.7. The van der Waals surface area contributed by atoms with Crippen LogP contribution >= 0.6 is 11.6 Å². The van der Waals surface area contributed by atoms with Crippen molar-refractivity contribution in [1.82, 2.24) is 5.43 Å². The largest absolute Gasteiger partial charge is 0.381 e. The topological polar surface area (TPSA) is 53.5 Å². The van der Waals surface area contributed by atoms with Crippen LogP contribution in [0.2, 0.25) is 5.02 Å². The van der Waals surface area contributed by atoms with Gasteiger partial charge in [0.25, 0.3) is 5.91 Å². The van der Waals surface area contributed by atoms with Crippen LogP contribution in [-0.4, -0.2) is 12.1 Å². The van der Waals surface area contributed by atoms with E-state index in [1.54, 1.807) is 30.5 Å². The Morgan fingerprint density at radius 3 is 2.31 bits per heavy atom. The highest BCUT2D eigenvalue weighted by molar-refractivity contribution is 6.30. The van der Waals surface area contributed by atoms with Gasteiger partial charge < -0.3 is 5.32 Å². The lowest BCUT2D eigenvalue weighted by Gasteiger charge is -2.07. The van der Waals surface area contributed by atoms with E-state index in [9.17, 15) is 4.79 Å². The molecule has 0 aliphatic heterocycles. The van der Waals surface area contributed by atoms with Gasteiger partial charge in [-0.1, -0.05) is 54.1 Å². The molecule has 0 aliphatic rings. The summed E-state index contributed by atoms with van der Waals surface area (Å²) < 4.78 is 0. The molecule has 4 nitrogen and oxygen atoms in total. The van der Waals surface area contributed by atoms with E-state index in [1.165, 1.54) is 5.56 Å². The number of amides is 1. The summed E-state index contributed by atoms with van der Waals surface area (Å²) in [6.07, 6.45) is 1.57. The van der Waals surface area contributed by atoms with Crippen LogP contribution in [0.25, 0.3) is 0 Å². The van der Waals surface area contributed by atoms with Crippen LogP contribution in [0.1, 0.15) is 21.5 Å². The van der Waals surface area contributed by atoms with Crippen LogP contribution in [0.5, 0.6) is 0 Å². The molecule has 130 valence electrons. The first-order chi connectivity index (χ1) is 12.7. The molecule has 0 saturated carbocycles. The van der Waals surface area contributed by atoms with Gasteiger partial charge in [-0.15, -0.1) is 0 Å². The van der Waals surface area contributed by atoms with Crippen molar-refractivity contribution in [3.63, 3.8) is 0 Å². The van der Waals surface area contributed by atoms with Crippen molar-refractivity contribution in [3.8, 4) is 0 Å².